The van der Waals surface area contributed by atoms with Crippen LogP contribution in [0.5, 0.6) is 0 Å². The van der Waals surface area contributed by atoms with Crippen LogP contribution < -0.4 is 11.3 Å². The van der Waals surface area contributed by atoms with Gasteiger partial charge in [-0.3, -0.25) is 21.2 Å². The number of thiophene rings is 1. The van der Waals surface area contributed by atoms with Gasteiger partial charge < -0.3 is 0 Å². The molecule has 1 unspecified atom stereocenters. The Hall–Kier alpha value is -1.82. The van der Waals surface area contributed by atoms with Gasteiger partial charge in [0.1, 0.15) is 0 Å². The van der Waals surface area contributed by atoms with Crippen molar-refractivity contribution >= 4 is 22.4 Å². The number of hydrogen-bond acceptors (Lipinski definition) is 5. The second kappa shape index (κ2) is 5.44. The lowest BCUT2D eigenvalue weighted by Gasteiger charge is -2.17. The molecule has 0 aliphatic rings. The Morgan fingerprint density at radius 3 is 2.89 bits per heavy atom. The number of para-hydroxylation sites is 1. The highest BCUT2D eigenvalue weighted by Crippen LogP contribution is 2.24. The number of hydrogen-bond donors (Lipinski definition) is 2. The number of nitrogens with one attached hydrogen (secondary N) is 1. The summed E-state index contributed by atoms with van der Waals surface area (Å²) in [5.74, 6) is 5.72. The summed E-state index contributed by atoms with van der Waals surface area (Å²) >= 11 is 1.69. The molecule has 96 valence electrons. The third-order valence-corrected chi connectivity index (χ3v) is 3.86. The first-order valence-electron chi connectivity index (χ1n) is 6.05. The molecule has 0 saturated carbocycles. The molecule has 3 aromatic rings. The Morgan fingerprint density at radius 2 is 2.11 bits per heavy atom. The normalized spacial score (nSPS) is 12.7. The van der Waals surface area contributed by atoms with Crippen molar-refractivity contribution < 1.29 is 0 Å². The summed E-state index contributed by atoms with van der Waals surface area (Å²) in [6.45, 7) is 0. The largest absolute Gasteiger partial charge is 0.271 e. The van der Waals surface area contributed by atoms with Gasteiger partial charge >= 0.3 is 0 Å². The van der Waals surface area contributed by atoms with Gasteiger partial charge in [-0.25, -0.2) is 0 Å². The fraction of sp³-hybridized carbons (Fsp3) is 0.143. The number of aromatic nitrogens is 2. The summed E-state index contributed by atoms with van der Waals surface area (Å²) < 4.78 is 0. The number of benzene rings is 1. The molecule has 0 saturated heterocycles. The van der Waals surface area contributed by atoms with Crippen molar-refractivity contribution in [3.63, 3.8) is 0 Å². The Morgan fingerprint density at radius 1 is 1.21 bits per heavy atom. The second-order valence-electron chi connectivity index (χ2n) is 4.33. The molecule has 2 heterocycles. The van der Waals surface area contributed by atoms with Crippen LogP contribution in [-0.2, 0) is 6.42 Å². The fourth-order valence-electron chi connectivity index (χ4n) is 2.20. The van der Waals surface area contributed by atoms with Crippen LogP contribution in [0.4, 0.5) is 0 Å². The van der Waals surface area contributed by atoms with E-state index in [2.05, 4.69) is 32.2 Å². The van der Waals surface area contributed by atoms with Crippen LogP contribution in [0.3, 0.4) is 0 Å². The average Bonchev–Trinajstić information content (AvgIpc) is 2.97. The van der Waals surface area contributed by atoms with Gasteiger partial charge in [0.05, 0.1) is 17.1 Å². The summed E-state index contributed by atoms with van der Waals surface area (Å²) in [4.78, 5) is 8.75. The minimum atomic E-state index is 0.0370. The quantitative estimate of drug-likeness (QED) is 0.564. The number of fused-ring (bicyclic) bond motifs is 1. The first-order chi connectivity index (χ1) is 9.38. The maximum absolute atomic E-state index is 5.72. The van der Waals surface area contributed by atoms with Gasteiger partial charge in [0.25, 0.3) is 0 Å². The van der Waals surface area contributed by atoms with E-state index in [1.165, 1.54) is 5.56 Å². The van der Waals surface area contributed by atoms with Gasteiger partial charge in [0.15, 0.2) is 0 Å². The van der Waals surface area contributed by atoms with Gasteiger partial charge in [-0.2, -0.15) is 11.3 Å². The molecule has 1 aromatic carbocycles. The van der Waals surface area contributed by atoms with E-state index in [0.29, 0.717) is 0 Å². The minimum absolute atomic E-state index is 0.0370. The molecule has 5 heteroatoms. The SMILES string of the molecule is NNC(Cc1ccsc1)c1cccc2nccnc12. The van der Waals surface area contributed by atoms with E-state index in [4.69, 9.17) is 5.84 Å². The summed E-state index contributed by atoms with van der Waals surface area (Å²) in [7, 11) is 0. The Kier molecular flexibility index (Phi) is 3.50. The zero-order valence-corrected chi connectivity index (χ0v) is 11.1. The predicted molar refractivity (Wildman–Crippen MR) is 77.6 cm³/mol. The van der Waals surface area contributed by atoms with E-state index in [1.807, 2.05) is 18.2 Å². The molecule has 0 fully saturated rings. The van der Waals surface area contributed by atoms with Crippen molar-refractivity contribution in [2.75, 3.05) is 0 Å². The molecule has 0 radical (unpaired) electrons. The molecule has 0 aliphatic carbocycles. The molecule has 0 amide bonds. The maximum Gasteiger partial charge on any atom is 0.0935 e. The second-order valence-corrected chi connectivity index (χ2v) is 5.11. The first kappa shape index (κ1) is 12.2. The zero-order valence-electron chi connectivity index (χ0n) is 10.3. The van der Waals surface area contributed by atoms with E-state index < -0.39 is 0 Å². The number of nitrogens with two attached hydrogens (primary N) is 1. The standard InChI is InChI=1S/C14H14N4S/c15-18-13(8-10-4-7-19-9-10)11-2-1-3-12-14(11)17-6-5-16-12/h1-7,9,13,18H,8,15H2. The van der Waals surface area contributed by atoms with Crippen molar-refractivity contribution in [3.05, 3.63) is 58.5 Å². The molecule has 3 rings (SSSR count). The summed E-state index contributed by atoms with van der Waals surface area (Å²) in [6, 6.07) is 8.16. The van der Waals surface area contributed by atoms with Crippen molar-refractivity contribution in [3.8, 4) is 0 Å². The van der Waals surface area contributed by atoms with Crippen LogP contribution in [0, 0.1) is 0 Å². The van der Waals surface area contributed by atoms with Gasteiger partial charge in [-0.15, -0.1) is 0 Å². The van der Waals surface area contributed by atoms with Crippen molar-refractivity contribution in [2.45, 2.75) is 12.5 Å². The molecule has 4 nitrogen and oxygen atoms in total. The molecule has 0 bridgehead atoms. The van der Waals surface area contributed by atoms with Crippen molar-refractivity contribution in [2.24, 2.45) is 5.84 Å². The predicted octanol–water partition coefficient (Wildman–Crippen LogP) is 2.44. The Bertz CT molecular complexity index is 661. The van der Waals surface area contributed by atoms with Crippen LogP contribution in [0.2, 0.25) is 0 Å². The lowest BCUT2D eigenvalue weighted by atomic mass is 9.99. The van der Waals surface area contributed by atoms with Gasteiger partial charge in [-0.05, 0) is 40.4 Å². The van der Waals surface area contributed by atoms with Crippen LogP contribution in [0.15, 0.2) is 47.4 Å². The smallest absolute Gasteiger partial charge is 0.0935 e. The van der Waals surface area contributed by atoms with Crippen LogP contribution in [0.25, 0.3) is 11.0 Å². The molecule has 1 atom stereocenters. The van der Waals surface area contributed by atoms with Crippen LogP contribution >= 0.6 is 11.3 Å². The molecule has 2 aromatic heterocycles. The topological polar surface area (TPSA) is 63.8 Å². The van der Waals surface area contributed by atoms with E-state index in [-0.39, 0.29) is 6.04 Å². The van der Waals surface area contributed by atoms with Crippen molar-refractivity contribution in [1.29, 1.82) is 0 Å². The van der Waals surface area contributed by atoms with Crippen LogP contribution in [0.1, 0.15) is 17.2 Å². The molecule has 0 aliphatic heterocycles. The highest BCUT2D eigenvalue weighted by atomic mass is 32.1. The van der Waals surface area contributed by atoms with Crippen LogP contribution in [-0.4, -0.2) is 9.97 Å². The molecular formula is C14H14N4S. The lowest BCUT2D eigenvalue weighted by Crippen LogP contribution is -2.29. The summed E-state index contributed by atoms with van der Waals surface area (Å²) in [5, 5.41) is 4.22. The Labute approximate surface area is 115 Å². The summed E-state index contributed by atoms with van der Waals surface area (Å²) in [5.41, 5.74) is 7.04. The third kappa shape index (κ3) is 2.49. The maximum atomic E-state index is 5.72. The van der Waals surface area contributed by atoms with Crippen molar-refractivity contribution in [1.82, 2.24) is 15.4 Å². The van der Waals surface area contributed by atoms with E-state index in [0.717, 1.165) is 23.0 Å². The lowest BCUT2D eigenvalue weighted by molar-refractivity contribution is 0.555. The molecule has 0 spiro atoms. The number of rotatable bonds is 4. The molecule has 19 heavy (non-hydrogen) atoms. The number of hydrazine groups is 1. The minimum Gasteiger partial charge on any atom is -0.271 e. The third-order valence-electron chi connectivity index (χ3n) is 3.13. The highest BCUT2D eigenvalue weighted by Gasteiger charge is 2.14. The van der Waals surface area contributed by atoms with Gasteiger partial charge in [0, 0.05) is 12.4 Å². The molecule has 3 N–H and O–H groups in total. The Balaban J connectivity index is 2.01. The van der Waals surface area contributed by atoms with E-state index in [9.17, 15) is 0 Å². The zero-order chi connectivity index (χ0) is 13.1. The van der Waals surface area contributed by atoms with Gasteiger partial charge in [-0.1, -0.05) is 12.1 Å². The van der Waals surface area contributed by atoms with E-state index >= 15 is 0 Å². The first-order valence-corrected chi connectivity index (χ1v) is 6.99. The fourth-order valence-corrected chi connectivity index (χ4v) is 2.88. The van der Waals surface area contributed by atoms with Gasteiger partial charge in [0.2, 0.25) is 0 Å². The summed E-state index contributed by atoms with van der Waals surface area (Å²) in [6.07, 6.45) is 4.26. The average molecular weight is 270 g/mol. The van der Waals surface area contributed by atoms with E-state index in [1.54, 1.807) is 23.7 Å². The molecular weight excluding hydrogens is 256 g/mol. The monoisotopic (exact) mass is 270 g/mol. The highest BCUT2D eigenvalue weighted by molar-refractivity contribution is 7.07. The number of nitrogens with zero attached hydrogens (tertiary/aromatic N) is 2.